The number of nitrogens with one attached hydrogen (secondary N) is 2. The van der Waals surface area contributed by atoms with Crippen molar-refractivity contribution < 1.29 is 9.53 Å². The highest BCUT2D eigenvalue weighted by Gasteiger charge is 2.20. The molecule has 0 spiro atoms. The van der Waals surface area contributed by atoms with E-state index in [1.54, 1.807) is 0 Å². The van der Waals surface area contributed by atoms with Gasteiger partial charge in [0, 0.05) is 18.3 Å². The summed E-state index contributed by atoms with van der Waals surface area (Å²) in [5.41, 5.74) is 1.46. The van der Waals surface area contributed by atoms with E-state index >= 15 is 0 Å². The molecule has 1 aliphatic rings. The number of carbonyl (C=O) groups excluding carboxylic acids is 1. The first-order valence-electron chi connectivity index (χ1n) is 6.75. The molecule has 2 rings (SSSR count). The number of benzene rings is 1. The highest BCUT2D eigenvalue weighted by atomic mass is 16.6. The van der Waals surface area contributed by atoms with Gasteiger partial charge in [-0.15, -0.1) is 0 Å². The van der Waals surface area contributed by atoms with Crippen molar-refractivity contribution in [2.45, 2.75) is 51.8 Å². The lowest BCUT2D eigenvalue weighted by molar-refractivity contribution is 0.0636. The molecule has 0 bridgehead atoms. The molecule has 4 heteroatoms. The van der Waals surface area contributed by atoms with Crippen LogP contribution in [-0.2, 0) is 11.3 Å². The van der Waals surface area contributed by atoms with E-state index in [0.29, 0.717) is 6.04 Å². The molecule has 0 radical (unpaired) electrons. The maximum absolute atomic E-state index is 11.7. The molecule has 2 N–H and O–H groups in total. The fourth-order valence-electron chi connectivity index (χ4n) is 1.73. The van der Waals surface area contributed by atoms with E-state index in [4.69, 9.17) is 4.74 Å². The van der Waals surface area contributed by atoms with Gasteiger partial charge < -0.3 is 10.1 Å². The number of carbonyl (C=O) groups is 1. The molecule has 0 aliphatic heterocycles. The maximum Gasteiger partial charge on any atom is 0.412 e. The van der Waals surface area contributed by atoms with Crippen molar-refractivity contribution in [1.29, 1.82) is 0 Å². The second-order valence-corrected chi connectivity index (χ2v) is 5.98. The number of hydrogen-bond acceptors (Lipinski definition) is 3. The van der Waals surface area contributed by atoms with Crippen LogP contribution < -0.4 is 10.6 Å². The first-order valence-corrected chi connectivity index (χ1v) is 6.75. The summed E-state index contributed by atoms with van der Waals surface area (Å²) in [6, 6.07) is 8.51. The summed E-state index contributed by atoms with van der Waals surface area (Å²) >= 11 is 0. The summed E-state index contributed by atoms with van der Waals surface area (Å²) in [6.45, 7) is 6.39. The van der Waals surface area contributed by atoms with E-state index in [1.807, 2.05) is 39.0 Å². The minimum atomic E-state index is -0.477. The van der Waals surface area contributed by atoms with Gasteiger partial charge in [0.1, 0.15) is 5.60 Å². The number of rotatable bonds is 4. The molecular weight excluding hydrogens is 240 g/mol. The Hall–Kier alpha value is -1.55. The lowest BCUT2D eigenvalue weighted by Gasteiger charge is -2.19. The largest absolute Gasteiger partial charge is 0.444 e. The van der Waals surface area contributed by atoms with Crippen molar-refractivity contribution in [3.8, 4) is 0 Å². The SMILES string of the molecule is CC(C)(C)OC(=O)Nc1cccc(CNC2CC2)c1. The van der Waals surface area contributed by atoms with Gasteiger partial charge in [-0.3, -0.25) is 5.32 Å². The van der Waals surface area contributed by atoms with Gasteiger partial charge in [0.25, 0.3) is 0 Å². The van der Waals surface area contributed by atoms with Gasteiger partial charge in [0.2, 0.25) is 0 Å². The van der Waals surface area contributed by atoms with Crippen LogP contribution >= 0.6 is 0 Å². The lowest BCUT2D eigenvalue weighted by Crippen LogP contribution is -2.27. The Morgan fingerprint density at radius 2 is 2.11 bits per heavy atom. The summed E-state index contributed by atoms with van der Waals surface area (Å²) in [4.78, 5) is 11.7. The molecule has 1 aliphatic carbocycles. The maximum atomic E-state index is 11.7. The monoisotopic (exact) mass is 262 g/mol. The van der Waals surface area contributed by atoms with Gasteiger partial charge in [-0.1, -0.05) is 12.1 Å². The van der Waals surface area contributed by atoms with Crippen LogP contribution in [0, 0.1) is 0 Å². The molecule has 104 valence electrons. The smallest absolute Gasteiger partial charge is 0.412 e. The van der Waals surface area contributed by atoms with Crippen LogP contribution in [0.5, 0.6) is 0 Å². The Bertz CT molecular complexity index is 448. The zero-order valence-electron chi connectivity index (χ0n) is 11.8. The van der Waals surface area contributed by atoms with Crippen LogP contribution in [0.15, 0.2) is 24.3 Å². The molecule has 0 aromatic heterocycles. The summed E-state index contributed by atoms with van der Waals surface area (Å²) in [6.07, 6.45) is 2.13. The van der Waals surface area contributed by atoms with E-state index in [1.165, 1.54) is 18.4 Å². The molecule has 19 heavy (non-hydrogen) atoms. The highest BCUT2D eigenvalue weighted by molar-refractivity contribution is 5.84. The fourth-order valence-corrected chi connectivity index (χ4v) is 1.73. The number of ether oxygens (including phenoxy) is 1. The van der Waals surface area contributed by atoms with Crippen molar-refractivity contribution in [2.75, 3.05) is 5.32 Å². The van der Waals surface area contributed by atoms with Crippen LogP contribution in [0.3, 0.4) is 0 Å². The average Bonchev–Trinajstić information content (AvgIpc) is 3.07. The Balaban J connectivity index is 1.88. The first-order chi connectivity index (χ1) is 8.92. The standard InChI is InChI=1S/C15H22N2O2/c1-15(2,3)19-14(18)17-13-6-4-5-11(9-13)10-16-12-7-8-12/h4-6,9,12,16H,7-8,10H2,1-3H3,(H,17,18). The Morgan fingerprint density at radius 3 is 2.74 bits per heavy atom. The van der Waals surface area contributed by atoms with Crippen molar-refractivity contribution in [1.82, 2.24) is 5.32 Å². The molecule has 1 aromatic carbocycles. The van der Waals surface area contributed by atoms with Gasteiger partial charge in [-0.2, -0.15) is 0 Å². The van der Waals surface area contributed by atoms with Crippen molar-refractivity contribution >= 4 is 11.8 Å². The van der Waals surface area contributed by atoms with Gasteiger partial charge in [-0.05, 0) is 51.3 Å². The Morgan fingerprint density at radius 1 is 1.37 bits per heavy atom. The minimum Gasteiger partial charge on any atom is -0.444 e. The lowest BCUT2D eigenvalue weighted by atomic mass is 10.2. The third-order valence-electron chi connectivity index (χ3n) is 2.74. The molecule has 1 aromatic rings. The van der Waals surface area contributed by atoms with E-state index in [-0.39, 0.29) is 0 Å². The number of hydrogen-bond donors (Lipinski definition) is 2. The van der Waals surface area contributed by atoms with Gasteiger partial charge >= 0.3 is 6.09 Å². The van der Waals surface area contributed by atoms with Gasteiger partial charge in [0.05, 0.1) is 0 Å². The summed E-state index contributed by atoms with van der Waals surface area (Å²) in [5, 5.41) is 6.20. The highest BCUT2D eigenvalue weighted by Crippen LogP contribution is 2.20. The molecule has 0 heterocycles. The van der Waals surface area contributed by atoms with E-state index in [2.05, 4.69) is 16.7 Å². The summed E-state index contributed by atoms with van der Waals surface area (Å²) in [7, 11) is 0. The number of anilines is 1. The Kier molecular flexibility index (Phi) is 4.10. The molecule has 0 unspecified atom stereocenters. The van der Waals surface area contributed by atoms with Gasteiger partial charge in [0.15, 0.2) is 0 Å². The fraction of sp³-hybridized carbons (Fsp3) is 0.533. The second kappa shape index (κ2) is 5.61. The summed E-state index contributed by atoms with van der Waals surface area (Å²) < 4.78 is 5.22. The zero-order chi connectivity index (χ0) is 13.9. The molecule has 0 saturated heterocycles. The molecule has 1 saturated carbocycles. The molecule has 4 nitrogen and oxygen atoms in total. The Labute approximate surface area is 114 Å². The van der Waals surface area contributed by atoms with Crippen LogP contribution in [0.1, 0.15) is 39.2 Å². The van der Waals surface area contributed by atoms with Crippen molar-refractivity contribution in [3.63, 3.8) is 0 Å². The van der Waals surface area contributed by atoms with Crippen LogP contribution in [0.25, 0.3) is 0 Å². The zero-order valence-corrected chi connectivity index (χ0v) is 11.8. The van der Waals surface area contributed by atoms with Crippen LogP contribution in [-0.4, -0.2) is 17.7 Å². The third-order valence-corrected chi connectivity index (χ3v) is 2.74. The molecular formula is C15H22N2O2. The predicted molar refractivity (Wildman–Crippen MR) is 76.2 cm³/mol. The minimum absolute atomic E-state index is 0.417. The van der Waals surface area contributed by atoms with E-state index in [0.717, 1.165) is 12.2 Å². The molecule has 0 atom stereocenters. The topological polar surface area (TPSA) is 50.4 Å². The van der Waals surface area contributed by atoms with Crippen LogP contribution in [0.4, 0.5) is 10.5 Å². The first kappa shape index (κ1) is 13.9. The normalized spacial score (nSPS) is 15.1. The van der Waals surface area contributed by atoms with Gasteiger partial charge in [-0.25, -0.2) is 4.79 Å². The molecule has 1 fully saturated rings. The third kappa shape index (κ3) is 5.30. The molecule has 1 amide bonds. The average molecular weight is 262 g/mol. The van der Waals surface area contributed by atoms with Crippen molar-refractivity contribution in [2.24, 2.45) is 0 Å². The van der Waals surface area contributed by atoms with E-state index < -0.39 is 11.7 Å². The second-order valence-electron chi connectivity index (χ2n) is 5.98. The van der Waals surface area contributed by atoms with Crippen LogP contribution in [0.2, 0.25) is 0 Å². The quantitative estimate of drug-likeness (QED) is 0.875. The van der Waals surface area contributed by atoms with Crippen molar-refractivity contribution in [3.05, 3.63) is 29.8 Å². The predicted octanol–water partition coefficient (Wildman–Crippen LogP) is 3.29. The number of amides is 1. The summed E-state index contributed by atoms with van der Waals surface area (Å²) in [5.74, 6) is 0. The van der Waals surface area contributed by atoms with E-state index in [9.17, 15) is 4.79 Å².